The fourth-order valence-electron chi connectivity index (χ4n) is 3.14. The van der Waals surface area contributed by atoms with Crippen LogP contribution in [0.1, 0.15) is 59.3 Å². The smallest absolute Gasteiger partial charge is 0.374 e. The second-order valence-electron chi connectivity index (χ2n) is 5.58. The van der Waals surface area contributed by atoms with E-state index in [-0.39, 0.29) is 6.04 Å². The van der Waals surface area contributed by atoms with E-state index in [1.165, 1.54) is 32.1 Å². The molecule has 0 bridgehead atoms. The van der Waals surface area contributed by atoms with Gasteiger partial charge in [0.1, 0.15) is 0 Å². The number of rotatable bonds is 10. The van der Waals surface area contributed by atoms with Crippen molar-refractivity contribution in [2.45, 2.75) is 71.4 Å². The fraction of sp³-hybridized carbons (Fsp3) is 1.00. The Labute approximate surface area is 125 Å². The van der Waals surface area contributed by atoms with Crippen LogP contribution in [0.5, 0.6) is 0 Å². The molecule has 0 heterocycles. The molecule has 0 aliphatic heterocycles. The zero-order valence-electron chi connectivity index (χ0n) is 13.5. The van der Waals surface area contributed by atoms with Gasteiger partial charge in [-0.2, -0.15) is 0 Å². The molecule has 0 saturated heterocycles. The lowest BCUT2D eigenvalue weighted by molar-refractivity contribution is 0.0696. The maximum Gasteiger partial charge on any atom is 0.500 e. The third kappa shape index (κ3) is 5.82. The Morgan fingerprint density at radius 3 is 1.90 bits per heavy atom. The predicted octanol–water partition coefficient (Wildman–Crippen LogP) is 3.33. The number of hydrogen-bond donors (Lipinski definition) is 1. The van der Waals surface area contributed by atoms with E-state index in [0.717, 1.165) is 12.5 Å². The summed E-state index contributed by atoms with van der Waals surface area (Å²) >= 11 is 0. The van der Waals surface area contributed by atoms with Gasteiger partial charge in [0, 0.05) is 31.9 Å². The van der Waals surface area contributed by atoms with Gasteiger partial charge >= 0.3 is 8.80 Å². The Hall–Kier alpha value is 0.0569. The largest absolute Gasteiger partial charge is 0.500 e. The molecular formula is C15H33NO3Si. The van der Waals surface area contributed by atoms with E-state index in [0.29, 0.717) is 25.7 Å². The van der Waals surface area contributed by atoms with E-state index < -0.39 is 8.80 Å². The van der Waals surface area contributed by atoms with Crippen LogP contribution in [-0.2, 0) is 13.3 Å². The molecule has 1 unspecified atom stereocenters. The maximum absolute atomic E-state index is 6.40. The first kappa shape index (κ1) is 18.1. The van der Waals surface area contributed by atoms with Crippen LogP contribution >= 0.6 is 0 Å². The van der Waals surface area contributed by atoms with Crippen LogP contribution in [0.4, 0.5) is 0 Å². The van der Waals surface area contributed by atoms with Crippen LogP contribution in [0.3, 0.4) is 0 Å². The van der Waals surface area contributed by atoms with E-state index in [4.69, 9.17) is 19.0 Å². The molecule has 4 nitrogen and oxygen atoms in total. The summed E-state index contributed by atoms with van der Waals surface area (Å²) in [4.78, 5) is 0. The first-order valence-electron chi connectivity index (χ1n) is 8.34. The highest BCUT2D eigenvalue weighted by molar-refractivity contribution is 6.60. The first-order chi connectivity index (χ1) is 9.67. The average Bonchev–Trinajstić information content (AvgIpc) is 2.46. The van der Waals surface area contributed by atoms with Gasteiger partial charge in [0.15, 0.2) is 0 Å². The van der Waals surface area contributed by atoms with Crippen molar-refractivity contribution in [2.24, 2.45) is 11.7 Å². The molecule has 1 aliphatic carbocycles. The Balaban J connectivity index is 2.50. The zero-order valence-corrected chi connectivity index (χ0v) is 14.5. The minimum absolute atomic E-state index is 0.267. The molecule has 1 atom stereocenters. The molecule has 0 aromatic carbocycles. The molecule has 1 rings (SSSR count). The number of nitrogens with two attached hydrogens (primary N) is 1. The third-order valence-corrected chi connectivity index (χ3v) is 7.22. The van der Waals surface area contributed by atoms with E-state index >= 15 is 0 Å². The highest BCUT2D eigenvalue weighted by Crippen LogP contribution is 2.29. The second kappa shape index (κ2) is 9.90. The van der Waals surface area contributed by atoms with Crippen LogP contribution in [0, 0.1) is 5.92 Å². The normalized spacial score (nSPS) is 19.2. The van der Waals surface area contributed by atoms with Crippen molar-refractivity contribution in [3.63, 3.8) is 0 Å². The van der Waals surface area contributed by atoms with Crippen LogP contribution in [0.25, 0.3) is 0 Å². The van der Waals surface area contributed by atoms with Crippen LogP contribution in [0.2, 0.25) is 6.04 Å². The summed E-state index contributed by atoms with van der Waals surface area (Å²) in [6, 6.07) is 1.11. The lowest BCUT2D eigenvalue weighted by atomic mass is 9.83. The maximum atomic E-state index is 6.40. The molecule has 1 saturated carbocycles. The van der Waals surface area contributed by atoms with Gasteiger partial charge in [-0.1, -0.05) is 19.3 Å². The van der Waals surface area contributed by atoms with Gasteiger partial charge in [0.2, 0.25) is 0 Å². The molecule has 2 N–H and O–H groups in total. The molecule has 0 aromatic heterocycles. The quantitative estimate of drug-likeness (QED) is 0.629. The first-order valence-corrected chi connectivity index (χ1v) is 10.3. The Kier molecular flexibility index (Phi) is 8.96. The molecule has 0 aromatic rings. The lowest BCUT2D eigenvalue weighted by Gasteiger charge is -2.32. The van der Waals surface area contributed by atoms with Gasteiger partial charge in [-0.15, -0.1) is 0 Å². The standard InChI is InChI=1S/C15H33NO3Si/c1-4-17-20(18-5-2,19-6-3)13-12-15(16)14-10-8-7-9-11-14/h14-15H,4-13,16H2,1-3H3. The Morgan fingerprint density at radius 1 is 0.950 bits per heavy atom. The monoisotopic (exact) mass is 303 g/mol. The topological polar surface area (TPSA) is 53.7 Å². The average molecular weight is 304 g/mol. The summed E-state index contributed by atoms with van der Waals surface area (Å²) < 4.78 is 17.7. The van der Waals surface area contributed by atoms with E-state index in [1.54, 1.807) is 0 Å². The van der Waals surface area contributed by atoms with E-state index in [1.807, 2.05) is 20.8 Å². The summed E-state index contributed by atoms with van der Waals surface area (Å²) in [6.45, 7) is 7.93. The molecule has 120 valence electrons. The van der Waals surface area contributed by atoms with Gasteiger partial charge in [0.25, 0.3) is 0 Å². The summed E-state index contributed by atoms with van der Waals surface area (Å²) in [6.07, 6.45) is 7.57. The molecule has 0 spiro atoms. The summed E-state index contributed by atoms with van der Waals surface area (Å²) in [5, 5.41) is 0. The molecule has 20 heavy (non-hydrogen) atoms. The van der Waals surface area contributed by atoms with Gasteiger partial charge in [-0.3, -0.25) is 0 Å². The van der Waals surface area contributed by atoms with Crippen LogP contribution < -0.4 is 5.73 Å². The molecule has 1 aliphatic rings. The van der Waals surface area contributed by atoms with Gasteiger partial charge < -0.3 is 19.0 Å². The highest BCUT2D eigenvalue weighted by Gasteiger charge is 2.40. The second-order valence-corrected chi connectivity index (χ2v) is 8.31. The van der Waals surface area contributed by atoms with Gasteiger partial charge in [-0.05, 0) is 46.0 Å². The van der Waals surface area contributed by atoms with Crippen molar-refractivity contribution >= 4 is 8.80 Å². The SMILES string of the molecule is CCO[Si](CCC(N)C1CCCCC1)(OCC)OCC. The van der Waals surface area contributed by atoms with Crippen molar-refractivity contribution in [1.82, 2.24) is 0 Å². The minimum Gasteiger partial charge on any atom is -0.374 e. The van der Waals surface area contributed by atoms with Crippen molar-refractivity contribution in [1.29, 1.82) is 0 Å². The Bertz CT molecular complexity index is 230. The van der Waals surface area contributed by atoms with Crippen molar-refractivity contribution < 1.29 is 13.3 Å². The molecule has 0 amide bonds. The summed E-state index contributed by atoms with van der Waals surface area (Å²) in [7, 11) is -2.50. The van der Waals surface area contributed by atoms with Gasteiger partial charge in [0.05, 0.1) is 0 Å². The van der Waals surface area contributed by atoms with Crippen molar-refractivity contribution in [3.05, 3.63) is 0 Å². The molecule has 1 fully saturated rings. The van der Waals surface area contributed by atoms with E-state index in [9.17, 15) is 0 Å². The van der Waals surface area contributed by atoms with Gasteiger partial charge in [-0.25, -0.2) is 0 Å². The number of hydrogen-bond acceptors (Lipinski definition) is 4. The minimum atomic E-state index is -2.50. The summed E-state index contributed by atoms with van der Waals surface area (Å²) in [5.74, 6) is 0.681. The van der Waals surface area contributed by atoms with Crippen LogP contribution in [-0.4, -0.2) is 34.7 Å². The molecular weight excluding hydrogens is 270 g/mol. The van der Waals surface area contributed by atoms with Crippen molar-refractivity contribution in [3.8, 4) is 0 Å². The highest BCUT2D eigenvalue weighted by atomic mass is 28.4. The molecule has 0 radical (unpaired) electrons. The zero-order chi connectivity index (χ0) is 14.8. The predicted molar refractivity (Wildman–Crippen MR) is 84.6 cm³/mol. The third-order valence-electron chi connectivity index (χ3n) is 4.13. The molecule has 5 heteroatoms. The fourth-order valence-corrected chi connectivity index (χ4v) is 5.83. The van der Waals surface area contributed by atoms with Crippen LogP contribution in [0.15, 0.2) is 0 Å². The van der Waals surface area contributed by atoms with Crippen molar-refractivity contribution in [2.75, 3.05) is 19.8 Å². The lowest BCUT2D eigenvalue weighted by Crippen LogP contribution is -2.47. The Morgan fingerprint density at radius 2 is 1.45 bits per heavy atom. The van der Waals surface area contributed by atoms with E-state index in [2.05, 4.69) is 0 Å². The summed E-state index contributed by atoms with van der Waals surface area (Å²) in [5.41, 5.74) is 6.40.